The van der Waals surface area contributed by atoms with E-state index < -0.39 is 0 Å². The number of ether oxygens (including phenoxy) is 3. The molecule has 2 bridgehead atoms. The SMILES string of the molecule is NCCOCCOCCOC[C@H]1C[C@H]2C=C[C@@H]1C2. The second-order valence-electron chi connectivity index (χ2n) is 5.13. The second-order valence-corrected chi connectivity index (χ2v) is 5.13. The zero-order valence-electron chi connectivity index (χ0n) is 11.1. The lowest BCUT2D eigenvalue weighted by atomic mass is 9.95. The molecule has 4 heteroatoms. The molecular weight excluding hydrogens is 230 g/mol. The van der Waals surface area contributed by atoms with Crippen molar-refractivity contribution in [2.24, 2.45) is 23.5 Å². The molecule has 0 spiro atoms. The van der Waals surface area contributed by atoms with E-state index in [4.69, 9.17) is 19.9 Å². The van der Waals surface area contributed by atoms with E-state index in [0.717, 1.165) is 24.4 Å². The molecule has 104 valence electrons. The van der Waals surface area contributed by atoms with Gasteiger partial charge in [0.05, 0.1) is 39.6 Å². The Morgan fingerprint density at radius 1 is 0.889 bits per heavy atom. The standard InChI is InChI=1S/C14H25NO3/c15-3-4-16-5-6-17-7-8-18-11-14-10-12-1-2-13(14)9-12/h1-2,12-14H,3-11,15H2/t12-,13+,14+/m0/s1. The smallest absolute Gasteiger partial charge is 0.0701 e. The summed E-state index contributed by atoms with van der Waals surface area (Å²) in [4.78, 5) is 0. The Morgan fingerprint density at radius 2 is 1.61 bits per heavy atom. The summed E-state index contributed by atoms with van der Waals surface area (Å²) < 4.78 is 16.3. The Hall–Kier alpha value is -0.420. The summed E-state index contributed by atoms with van der Waals surface area (Å²) in [5.74, 6) is 2.35. The molecule has 1 saturated carbocycles. The molecule has 0 aromatic heterocycles. The third-order valence-corrected chi connectivity index (χ3v) is 3.75. The molecule has 0 saturated heterocycles. The second kappa shape index (κ2) is 7.89. The minimum Gasteiger partial charge on any atom is -0.379 e. The van der Waals surface area contributed by atoms with Crippen LogP contribution in [0.4, 0.5) is 0 Å². The van der Waals surface area contributed by atoms with Crippen LogP contribution < -0.4 is 5.73 Å². The van der Waals surface area contributed by atoms with Crippen molar-refractivity contribution < 1.29 is 14.2 Å². The zero-order chi connectivity index (χ0) is 12.6. The Kier molecular flexibility index (Phi) is 6.14. The number of rotatable bonds is 10. The maximum Gasteiger partial charge on any atom is 0.0701 e. The Labute approximate surface area is 109 Å². The molecule has 0 unspecified atom stereocenters. The van der Waals surface area contributed by atoms with Crippen molar-refractivity contribution in [3.8, 4) is 0 Å². The van der Waals surface area contributed by atoms with Gasteiger partial charge in [-0.3, -0.25) is 0 Å². The van der Waals surface area contributed by atoms with Gasteiger partial charge in [0.2, 0.25) is 0 Å². The minimum atomic E-state index is 0.571. The lowest BCUT2D eigenvalue weighted by molar-refractivity contribution is 0.00649. The Balaban J connectivity index is 1.37. The first kappa shape index (κ1) is 14.0. The van der Waals surface area contributed by atoms with Crippen LogP contribution in [0.25, 0.3) is 0 Å². The predicted octanol–water partition coefficient (Wildman–Crippen LogP) is 1.21. The van der Waals surface area contributed by atoms with E-state index in [2.05, 4.69) is 12.2 Å². The molecule has 18 heavy (non-hydrogen) atoms. The molecule has 2 aliphatic rings. The van der Waals surface area contributed by atoms with Crippen LogP contribution in [-0.4, -0.2) is 46.2 Å². The van der Waals surface area contributed by atoms with Gasteiger partial charge in [-0.15, -0.1) is 0 Å². The van der Waals surface area contributed by atoms with Crippen LogP contribution in [0, 0.1) is 17.8 Å². The van der Waals surface area contributed by atoms with Gasteiger partial charge in [0.1, 0.15) is 0 Å². The average molecular weight is 255 g/mol. The highest BCUT2D eigenvalue weighted by Crippen LogP contribution is 2.43. The van der Waals surface area contributed by atoms with Crippen LogP contribution in [0.2, 0.25) is 0 Å². The fourth-order valence-electron chi connectivity index (χ4n) is 2.84. The molecule has 0 aromatic rings. The molecule has 0 aromatic carbocycles. The van der Waals surface area contributed by atoms with Gasteiger partial charge < -0.3 is 19.9 Å². The van der Waals surface area contributed by atoms with E-state index in [1.54, 1.807) is 0 Å². The number of fused-ring (bicyclic) bond motifs is 2. The van der Waals surface area contributed by atoms with Crippen molar-refractivity contribution in [2.45, 2.75) is 12.8 Å². The first-order valence-corrected chi connectivity index (χ1v) is 7.01. The normalized spacial score (nSPS) is 29.3. The topological polar surface area (TPSA) is 53.7 Å². The molecule has 0 aliphatic heterocycles. The Bertz CT molecular complexity index is 257. The van der Waals surface area contributed by atoms with Gasteiger partial charge in [-0.2, -0.15) is 0 Å². The molecule has 0 amide bonds. The third-order valence-electron chi connectivity index (χ3n) is 3.75. The fraction of sp³-hybridized carbons (Fsp3) is 0.857. The third kappa shape index (κ3) is 4.35. The summed E-state index contributed by atoms with van der Waals surface area (Å²) in [5, 5.41) is 0. The number of hydrogen-bond donors (Lipinski definition) is 1. The van der Waals surface area contributed by atoms with Gasteiger partial charge in [-0.1, -0.05) is 12.2 Å². The van der Waals surface area contributed by atoms with Gasteiger partial charge >= 0.3 is 0 Å². The highest BCUT2D eigenvalue weighted by molar-refractivity contribution is 5.09. The molecule has 2 rings (SSSR count). The predicted molar refractivity (Wildman–Crippen MR) is 70.4 cm³/mol. The van der Waals surface area contributed by atoms with Crippen LogP contribution in [0.5, 0.6) is 0 Å². The largest absolute Gasteiger partial charge is 0.379 e. The van der Waals surface area contributed by atoms with Crippen LogP contribution in [0.15, 0.2) is 12.2 Å². The summed E-state index contributed by atoms with van der Waals surface area (Å²) in [6, 6.07) is 0. The lowest BCUT2D eigenvalue weighted by Crippen LogP contribution is -2.17. The molecule has 4 nitrogen and oxygen atoms in total. The fourth-order valence-corrected chi connectivity index (χ4v) is 2.84. The van der Waals surface area contributed by atoms with Crippen LogP contribution in [0.3, 0.4) is 0 Å². The number of nitrogens with two attached hydrogens (primary N) is 1. The van der Waals surface area contributed by atoms with Crippen molar-refractivity contribution in [1.82, 2.24) is 0 Å². The minimum absolute atomic E-state index is 0.571. The first-order chi connectivity index (χ1) is 8.90. The van der Waals surface area contributed by atoms with Gasteiger partial charge in [-0.25, -0.2) is 0 Å². The van der Waals surface area contributed by atoms with Crippen LogP contribution >= 0.6 is 0 Å². The molecule has 0 radical (unpaired) electrons. The zero-order valence-corrected chi connectivity index (χ0v) is 11.1. The van der Waals surface area contributed by atoms with Crippen LogP contribution in [0.1, 0.15) is 12.8 Å². The summed E-state index contributed by atoms with van der Waals surface area (Å²) in [6.45, 7) is 4.66. The van der Waals surface area contributed by atoms with E-state index in [9.17, 15) is 0 Å². The highest BCUT2D eigenvalue weighted by Gasteiger charge is 2.35. The lowest BCUT2D eigenvalue weighted by Gasteiger charge is -2.17. The van der Waals surface area contributed by atoms with E-state index in [0.29, 0.717) is 39.6 Å². The van der Waals surface area contributed by atoms with Gasteiger partial charge in [0, 0.05) is 6.54 Å². The van der Waals surface area contributed by atoms with Crippen molar-refractivity contribution >= 4 is 0 Å². The molecule has 3 atom stereocenters. The molecular formula is C14H25NO3. The molecule has 2 N–H and O–H groups in total. The average Bonchev–Trinajstić information content (AvgIpc) is 2.99. The quantitative estimate of drug-likeness (QED) is 0.471. The molecule has 2 aliphatic carbocycles. The van der Waals surface area contributed by atoms with Gasteiger partial charge in [-0.05, 0) is 30.6 Å². The summed E-state index contributed by atoms with van der Waals surface area (Å²) in [5.41, 5.74) is 5.30. The first-order valence-electron chi connectivity index (χ1n) is 7.01. The van der Waals surface area contributed by atoms with E-state index in [-0.39, 0.29) is 0 Å². The maximum absolute atomic E-state index is 5.68. The Morgan fingerprint density at radius 3 is 2.22 bits per heavy atom. The highest BCUT2D eigenvalue weighted by atomic mass is 16.5. The van der Waals surface area contributed by atoms with Crippen molar-refractivity contribution in [2.75, 3.05) is 46.2 Å². The van der Waals surface area contributed by atoms with Crippen LogP contribution in [-0.2, 0) is 14.2 Å². The molecule has 0 heterocycles. The summed E-state index contributed by atoms with van der Waals surface area (Å²) >= 11 is 0. The van der Waals surface area contributed by atoms with E-state index >= 15 is 0 Å². The number of allylic oxidation sites excluding steroid dienone is 2. The van der Waals surface area contributed by atoms with E-state index in [1.807, 2.05) is 0 Å². The van der Waals surface area contributed by atoms with Crippen molar-refractivity contribution in [3.05, 3.63) is 12.2 Å². The maximum atomic E-state index is 5.68. The molecule has 1 fully saturated rings. The van der Waals surface area contributed by atoms with Gasteiger partial charge in [0.25, 0.3) is 0 Å². The monoisotopic (exact) mass is 255 g/mol. The van der Waals surface area contributed by atoms with E-state index in [1.165, 1.54) is 12.8 Å². The number of hydrogen-bond acceptors (Lipinski definition) is 4. The van der Waals surface area contributed by atoms with Crippen molar-refractivity contribution in [3.63, 3.8) is 0 Å². The summed E-state index contributed by atoms with van der Waals surface area (Å²) in [7, 11) is 0. The van der Waals surface area contributed by atoms with Gasteiger partial charge in [0.15, 0.2) is 0 Å². The van der Waals surface area contributed by atoms with Crippen molar-refractivity contribution in [1.29, 1.82) is 0 Å². The summed E-state index contributed by atoms with van der Waals surface area (Å²) in [6.07, 6.45) is 7.40.